The number of hydrogen-bond donors (Lipinski definition) is 1. The molecule has 26 heavy (non-hydrogen) atoms. The summed E-state index contributed by atoms with van der Waals surface area (Å²) in [6, 6.07) is 12.8. The van der Waals surface area contributed by atoms with Crippen molar-refractivity contribution in [1.82, 2.24) is 0 Å². The lowest BCUT2D eigenvalue weighted by Crippen LogP contribution is -2.40. The van der Waals surface area contributed by atoms with Crippen molar-refractivity contribution in [2.75, 3.05) is 32.2 Å². The van der Waals surface area contributed by atoms with Gasteiger partial charge in [0, 0.05) is 48.6 Å². The second-order valence-electron chi connectivity index (χ2n) is 6.75. The van der Waals surface area contributed by atoms with Gasteiger partial charge in [-0.05, 0) is 38.0 Å². The molecule has 0 aliphatic carbocycles. The molecule has 0 spiro atoms. The number of nitro benzene ring substituents is 1. The van der Waals surface area contributed by atoms with E-state index in [1.807, 2.05) is 6.07 Å². The molecule has 6 nitrogen and oxygen atoms in total. The number of benzene rings is 2. The highest BCUT2D eigenvalue weighted by Gasteiger charge is 2.36. The van der Waals surface area contributed by atoms with Gasteiger partial charge >= 0.3 is 0 Å². The second kappa shape index (κ2) is 7.74. The molecule has 1 saturated heterocycles. The largest absolute Gasteiger partial charge is 0.496 e. The SMILES string of the molecule is COc1ccc(C)cc1C1(CNc2ccc([N+](=O)[O-])cc2)CCOCC1. The van der Waals surface area contributed by atoms with E-state index >= 15 is 0 Å². The lowest BCUT2D eigenvalue weighted by atomic mass is 9.73. The smallest absolute Gasteiger partial charge is 0.269 e. The third-order valence-electron chi connectivity index (χ3n) is 5.09. The van der Waals surface area contributed by atoms with Crippen LogP contribution < -0.4 is 10.1 Å². The molecule has 1 heterocycles. The molecule has 0 unspecified atom stereocenters. The van der Waals surface area contributed by atoms with Crippen LogP contribution in [0, 0.1) is 17.0 Å². The molecule has 3 rings (SSSR count). The minimum atomic E-state index is -0.388. The molecule has 0 aromatic heterocycles. The molecule has 0 amide bonds. The number of methoxy groups -OCH3 is 1. The van der Waals surface area contributed by atoms with E-state index in [2.05, 4.69) is 24.4 Å². The van der Waals surface area contributed by atoms with Crippen LogP contribution in [-0.4, -0.2) is 31.8 Å². The van der Waals surface area contributed by atoms with Gasteiger partial charge in [-0.15, -0.1) is 0 Å². The Morgan fingerprint density at radius 2 is 1.88 bits per heavy atom. The second-order valence-corrected chi connectivity index (χ2v) is 6.75. The van der Waals surface area contributed by atoms with Crippen LogP contribution in [0.2, 0.25) is 0 Å². The van der Waals surface area contributed by atoms with E-state index in [-0.39, 0.29) is 16.0 Å². The Hall–Kier alpha value is -2.60. The predicted molar refractivity (Wildman–Crippen MR) is 101 cm³/mol. The Labute approximate surface area is 153 Å². The molecule has 0 bridgehead atoms. The average Bonchev–Trinajstić information content (AvgIpc) is 2.67. The Balaban J connectivity index is 1.86. The number of anilines is 1. The van der Waals surface area contributed by atoms with Crippen molar-refractivity contribution in [3.8, 4) is 5.75 Å². The third kappa shape index (κ3) is 3.80. The first-order valence-electron chi connectivity index (χ1n) is 8.75. The van der Waals surface area contributed by atoms with E-state index in [1.54, 1.807) is 19.2 Å². The number of nitro groups is 1. The lowest BCUT2D eigenvalue weighted by Gasteiger charge is -2.39. The van der Waals surface area contributed by atoms with E-state index < -0.39 is 0 Å². The highest BCUT2D eigenvalue weighted by atomic mass is 16.6. The van der Waals surface area contributed by atoms with Crippen LogP contribution in [0.5, 0.6) is 5.75 Å². The molecule has 1 N–H and O–H groups in total. The summed E-state index contributed by atoms with van der Waals surface area (Å²) in [6.45, 7) is 4.21. The standard InChI is InChI=1S/C20H24N2O4/c1-15-3-8-19(25-2)18(13-15)20(9-11-26-12-10-20)14-21-16-4-6-17(7-5-16)22(23)24/h3-8,13,21H,9-12,14H2,1-2H3. The van der Waals surface area contributed by atoms with Crippen molar-refractivity contribution < 1.29 is 14.4 Å². The summed E-state index contributed by atoms with van der Waals surface area (Å²) in [4.78, 5) is 10.4. The predicted octanol–water partition coefficient (Wildman–Crippen LogP) is 4.07. The van der Waals surface area contributed by atoms with Gasteiger partial charge in [-0.3, -0.25) is 10.1 Å². The monoisotopic (exact) mass is 356 g/mol. The van der Waals surface area contributed by atoms with Crippen LogP contribution in [0.15, 0.2) is 42.5 Å². The molecule has 138 valence electrons. The van der Waals surface area contributed by atoms with Crippen molar-refractivity contribution in [2.45, 2.75) is 25.2 Å². The van der Waals surface area contributed by atoms with E-state index in [4.69, 9.17) is 9.47 Å². The van der Waals surface area contributed by atoms with Gasteiger partial charge in [0.05, 0.1) is 12.0 Å². The van der Waals surface area contributed by atoms with Gasteiger partial charge in [-0.1, -0.05) is 17.7 Å². The van der Waals surface area contributed by atoms with Gasteiger partial charge < -0.3 is 14.8 Å². The highest BCUT2D eigenvalue weighted by molar-refractivity contribution is 5.50. The van der Waals surface area contributed by atoms with Crippen LogP contribution in [0.4, 0.5) is 11.4 Å². The summed E-state index contributed by atoms with van der Waals surface area (Å²) in [5.41, 5.74) is 3.25. The number of nitrogens with one attached hydrogen (secondary N) is 1. The summed E-state index contributed by atoms with van der Waals surface area (Å²) >= 11 is 0. The first-order valence-corrected chi connectivity index (χ1v) is 8.75. The summed E-state index contributed by atoms with van der Waals surface area (Å²) in [5, 5.41) is 14.3. The first kappa shape index (κ1) is 18.2. The van der Waals surface area contributed by atoms with Gasteiger partial charge in [0.1, 0.15) is 5.75 Å². The first-order chi connectivity index (χ1) is 12.5. The molecule has 0 radical (unpaired) electrons. The fourth-order valence-electron chi connectivity index (χ4n) is 3.51. The van der Waals surface area contributed by atoms with Crippen LogP contribution in [0.3, 0.4) is 0 Å². The fraction of sp³-hybridized carbons (Fsp3) is 0.400. The molecule has 2 aromatic rings. The van der Waals surface area contributed by atoms with Gasteiger partial charge in [-0.25, -0.2) is 0 Å². The van der Waals surface area contributed by atoms with Crippen molar-refractivity contribution in [3.05, 3.63) is 63.7 Å². The Morgan fingerprint density at radius 3 is 2.50 bits per heavy atom. The molecular weight excluding hydrogens is 332 g/mol. The Bertz CT molecular complexity index is 768. The van der Waals surface area contributed by atoms with E-state index in [9.17, 15) is 10.1 Å². The number of ether oxygens (including phenoxy) is 2. The quantitative estimate of drug-likeness (QED) is 0.624. The maximum atomic E-state index is 10.8. The normalized spacial score (nSPS) is 16.1. The van der Waals surface area contributed by atoms with E-state index in [1.165, 1.54) is 23.3 Å². The summed E-state index contributed by atoms with van der Waals surface area (Å²) in [6.07, 6.45) is 1.79. The molecule has 1 fully saturated rings. The van der Waals surface area contributed by atoms with Crippen molar-refractivity contribution in [3.63, 3.8) is 0 Å². The third-order valence-corrected chi connectivity index (χ3v) is 5.09. The van der Waals surface area contributed by atoms with Gasteiger partial charge in [-0.2, -0.15) is 0 Å². The summed E-state index contributed by atoms with van der Waals surface area (Å²) in [5.74, 6) is 0.892. The zero-order valence-corrected chi connectivity index (χ0v) is 15.2. The highest BCUT2D eigenvalue weighted by Crippen LogP contribution is 2.40. The van der Waals surface area contributed by atoms with Gasteiger partial charge in [0.15, 0.2) is 0 Å². The van der Waals surface area contributed by atoms with Crippen LogP contribution in [0.1, 0.15) is 24.0 Å². The number of hydrogen-bond acceptors (Lipinski definition) is 5. The van der Waals surface area contributed by atoms with Crippen LogP contribution in [-0.2, 0) is 10.2 Å². The van der Waals surface area contributed by atoms with Crippen molar-refractivity contribution in [1.29, 1.82) is 0 Å². The van der Waals surface area contributed by atoms with Crippen molar-refractivity contribution >= 4 is 11.4 Å². The van der Waals surface area contributed by atoms with Crippen LogP contribution in [0.25, 0.3) is 0 Å². The maximum Gasteiger partial charge on any atom is 0.269 e. The number of non-ortho nitro benzene ring substituents is 1. The number of aryl methyl sites for hydroxylation is 1. The zero-order chi connectivity index (χ0) is 18.6. The van der Waals surface area contributed by atoms with Crippen molar-refractivity contribution in [2.24, 2.45) is 0 Å². The molecule has 6 heteroatoms. The molecular formula is C20H24N2O4. The molecule has 0 saturated carbocycles. The number of rotatable bonds is 6. The maximum absolute atomic E-state index is 10.8. The Kier molecular flexibility index (Phi) is 5.42. The molecule has 0 atom stereocenters. The molecule has 1 aliphatic heterocycles. The van der Waals surface area contributed by atoms with E-state index in [0.29, 0.717) is 19.8 Å². The minimum Gasteiger partial charge on any atom is -0.496 e. The summed E-state index contributed by atoms with van der Waals surface area (Å²) < 4.78 is 11.2. The Morgan fingerprint density at radius 1 is 1.19 bits per heavy atom. The minimum absolute atomic E-state index is 0.0942. The average molecular weight is 356 g/mol. The zero-order valence-electron chi connectivity index (χ0n) is 15.2. The molecule has 1 aliphatic rings. The van der Waals surface area contributed by atoms with Crippen LogP contribution >= 0.6 is 0 Å². The van der Waals surface area contributed by atoms with Gasteiger partial charge in [0.2, 0.25) is 0 Å². The topological polar surface area (TPSA) is 73.6 Å². The van der Waals surface area contributed by atoms with Gasteiger partial charge in [0.25, 0.3) is 5.69 Å². The lowest BCUT2D eigenvalue weighted by molar-refractivity contribution is -0.384. The van der Waals surface area contributed by atoms with E-state index in [0.717, 1.165) is 24.3 Å². The number of nitrogens with zero attached hydrogens (tertiary/aromatic N) is 1. The fourth-order valence-corrected chi connectivity index (χ4v) is 3.51. The molecule has 2 aromatic carbocycles. The summed E-state index contributed by atoms with van der Waals surface area (Å²) in [7, 11) is 1.70.